The zero-order valence-corrected chi connectivity index (χ0v) is 13.3. The van der Waals surface area contributed by atoms with Gasteiger partial charge >= 0.3 is 0 Å². The normalized spacial score (nSPS) is 23.2. The van der Waals surface area contributed by atoms with E-state index in [4.69, 9.17) is 9.47 Å². The molecule has 6 heteroatoms. The van der Waals surface area contributed by atoms with Crippen molar-refractivity contribution in [3.8, 4) is 11.5 Å². The van der Waals surface area contributed by atoms with Crippen molar-refractivity contribution < 1.29 is 19.1 Å². The van der Waals surface area contributed by atoms with Gasteiger partial charge in [-0.15, -0.1) is 0 Å². The van der Waals surface area contributed by atoms with Gasteiger partial charge in [0.1, 0.15) is 0 Å². The number of hydrogen-bond acceptors (Lipinski definition) is 4. The van der Waals surface area contributed by atoms with Crippen molar-refractivity contribution in [3.63, 3.8) is 0 Å². The maximum atomic E-state index is 12.4. The van der Waals surface area contributed by atoms with Crippen molar-refractivity contribution in [2.75, 3.05) is 32.8 Å². The summed E-state index contributed by atoms with van der Waals surface area (Å²) in [7, 11) is 0. The van der Waals surface area contributed by atoms with Crippen LogP contribution < -0.4 is 14.8 Å². The lowest BCUT2D eigenvalue weighted by molar-refractivity contribution is -0.132. The first kappa shape index (κ1) is 15.6. The number of ether oxygens (including phenoxy) is 2. The molecule has 0 aliphatic carbocycles. The van der Waals surface area contributed by atoms with Crippen LogP contribution in [-0.2, 0) is 9.59 Å². The molecule has 0 aromatic heterocycles. The molecule has 1 atom stereocenters. The van der Waals surface area contributed by atoms with Crippen LogP contribution in [0.5, 0.6) is 11.5 Å². The first-order valence-electron chi connectivity index (χ1n) is 8.01. The second-order valence-electron chi connectivity index (χ2n) is 6.19. The van der Waals surface area contributed by atoms with Crippen molar-refractivity contribution in [2.24, 2.45) is 5.41 Å². The van der Waals surface area contributed by atoms with Crippen LogP contribution in [0.2, 0.25) is 0 Å². The number of amides is 2. The molecule has 2 amide bonds. The van der Waals surface area contributed by atoms with Crippen LogP contribution in [0, 0.1) is 5.41 Å². The van der Waals surface area contributed by atoms with Gasteiger partial charge in [0.25, 0.3) is 5.91 Å². The Bertz CT molecular complexity index is 604. The van der Waals surface area contributed by atoms with Crippen molar-refractivity contribution >= 4 is 11.8 Å². The average molecular weight is 318 g/mol. The Kier molecular flexibility index (Phi) is 4.41. The van der Waals surface area contributed by atoms with Crippen molar-refractivity contribution in [3.05, 3.63) is 24.3 Å². The minimum Gasteiger partial charge on any atom is -0.490 e. The summed E-state index contributed by atoms with van der Waals surface area (Å²) < 4.78 is 11.1. The molecule has 2 heterocycles. The van der Waals surface area contributed by atoms with Crippen LogP contribution in [0.4, 0.5) is 0 Å². The number of rotatable bonds is 5. The van der Waals surface area contributed by atoms with Gasteiger partial charge in [-0.1, -0.05) is 12.1 Å². The largest absolute Gasteiger partial charge is 0.490 e. The molecule has 1 unspecified atom stereocenters. The molecule has 0 bridgehead atoms. The highest BCUT2D eigenvalue weighted by Gasteiger charge is 2.45. The number of para-hydroxylation sites is 2. The summed E-state index contributed by atoms with van der Waals surface area (Å²) in [4.78, 5) is 25.6. The Morgan fingerprint density at radius 2 is 2.04 bits per heavy atom. The minimum absolute atomic E-state index is 0.0124. The summed E-state index contributed by atoms with van der Waals surface area (Å²) in [6.07, 6.45) is 1.39. The maximum Gasteiger partial charge on any atom is 0.260 e. The molecule has 1 N–H and O–H groups in total. The molecule has 0 saturated carbocycles. The van der Waals surface area contributed by atoms with E-state index >= 15 is 0 Å². The lowest BCUT2D eigenvalue weighted by Gasteiger charge is -2.22. The van der Waals surface area contributed by atoms with Gasteiger partial charge in [0.15, 0.2) is 18.1 Å². The van der Waals surface area contributed by atoms with E-state index in [0.29, 0.717) is 44.2 Å². The summed E-state index contributed by atoms with van der Waals surface area (Å²) in [6, 6.07) is 7.34. The molecule has 124 valence electrons. The van der Waals surface area contributed by atoms with E-state index in [2.05, 4.69) is 5.32 Å². The van der Waals surface area contributed by atoms with Crippen molar-refractivity contribution in [1.82, 2.24) is 10.2 Å². The van der Waals surface area contributed by atoms with E-state index in [1.165, 1.54) is 0 Å². The SMILES string of the molecule is CCOc1ccccc1OCC(=O)N1CCC2(CNC(=O)C2)C1. The van der Waals surface area contributed by atoms with Crippen molar-refractivity contribution in [1.29, 1.82) is 0 Å². The van der Waals surface area contributed by atoms with E-state index < -0.39 is 0 Å². The Hall–Kier alpha value is -2.24. The topological polar surface area (TPSA) is 67.9 Å². The first-order chi connectivity index (χ1) is 11.1. The van der Waals surface area contributed by atoms with Crippen LogP contribution in [0.25, 0.3) is 0 Å². The molecule has 6 nitrogen and oxygen atoms in total. The molecule has 23 heavy (non-hydrogen) atoms. The fraction of sp³-hybridized carbons (Fsp3) is 0.529. The number of carbonyl (C=O) groups is 2. The van der Waals surface area contributed by atoms with Gasteiger partial charge in [-0.05, 0) is 25.5 Å². The third-order valence-electron chi connectivity index (χ3n) is 4.49. The molecule has 2 saturated heterocycles. The third-order valence-corrected chi connectivity index (χ3v) is 4.49. The van der Waals surface area contributed by atoms with Gasteiger partial charge in [-0.25, -0.2) is 0 Å². The highest BCUT2D eigenvalue weighted by atomic mass is 16.5. The van der Waals surface area contributed by atoms with E-state index in [-0.39, 0.29) is 23.8 Å². The lowest BCUT2D eigenvalue weighted by Crippen LogP contribution is -2.36. The number of carbonyl (C=O) groups excluding carboxylic acids is 2. The lowest BCUT2D eigenvalue weighted by atomic mass is 9.86. The van der Waals surface area contributed by atoms with E-state index in [0.717, 1.165) is 6.42 Å². The summed E-state index contributed by atoms with van der Waals surface area (Å²) in [6.45, 7) is 4.42. The smallest absolute Gasteiger partial charge is 0.260 e. The molecular weight excluding hydrogens is 296 g/mol. The summed E-state index contributed by atoms with van der Waals surface area (Å²) in [5, 5.41) is 2.87. The van der Waals surface area contributed by atoms with Crippen molar-refractivity contribution in [2.45, 2.75) is 19.8 Å². The molecule has 2 aliphatic rings. The van der Waals surface area contributed by atoms with Crippen LogP contribution in [-0.4, -0.2) is 49.6 Å². The Balaban J connectivity index is 1.55. The average Bonchev–Trinajstić information content (AvgIpc) is 3.13. The molecule has 0 radical (unpaired) electrons. The van der Waals surface area contributed by atoms with Crippen LogP contribution in [0.1, 0.15) is 19.8 Å². The molecule has 3 rings (SSSR count). The van der Waals surface area contributed by atoms with E-state index in [1.54, 1.807) is 11.0 Å². The Morgan fingerprint density at radius 3 is 2.70 bits per heavy atom. The molecular formula is C17H22N2O4. The van der Waals surface area contributed by atoms with Gasteiger partial charge in [0.05, 0.1) is 6.61 Å². The summed E-state index contributed by atoms with van der Waals surface area (Å²) in [5.41, 5.74) is -0.0734. The zero-order valence-electron chi connectivity index (χ0n) is 13.3. The zero-order chi connectivity index (χ0) is 16.3. The van der Waals surface area contributed by atoms with Crippen LogP contribution in [0.15, 0.2) is 24.3 Å². The number of nitrogens with one attached hydrogen (secondary N) is 1. The number of hydrogen-bond donors (Lipinski definition) is 1. The molecule has 1 spiro atoms. The monoisotopic (exact) mass is 318 g/mol. The van der Waals surface area contributed by atoms with Gasteiger partial charge < -0.3 is 19.7 Å². The maximum absolute atomic E-state index is 12.4. The predicted molar refractivity (Wildman–Crippen MR) is 84.4 cm³/mol. The second kappa shape index (κ2) is 6.48. The third kappa shape index (κ3) is 3.41. The van der Waals surface area contributed by atoms with Gasteiger partial charge in [0.2, 0.25) is 5.91 Å². The van der Waals surface area contributed by atoms with Gasteiger partial charge in [0, 0.05) is 31.5 Å². The molecule has 1 aromatic carbocycles. The molecule has 2 aliphatic heterocycles. The number of benzene rings is 1. The van der Waals surface area contributed by atoms with Crippen LogP contribution in [0.3, 0.4) is 0 Å². The second-order valence-corrected chi connectivity index (χ2v) is 6.19. The van der Waals surface area contributed by atoms with Gasteiger partial charge in [-0.2, -0.15) is 0 Å². The number of nitrogens with zero attached hydrogens (tertiary/aromatic N) is 1. The fourth-order valence-corrected chi connectivity index (χ4v) is 3.26. The highest BCUT2D eigenvalue weighted by molar-refractivity contribution is 5.81. The van der Waals surface area contributed by atoms with E-state index in [9.17, 15) is 9.59 Å². The molecule has 1 aromatic rings. The standard InChI is InChI=1S/C17H22N2O4/c1-2-22-13-5-3-4-6-14(13)23-10-16(21)19-8-7-17(12-19)9-15(20)18-11-17/h3-6H,2,7-12H2,1H3,(H,18,20). The van der Waals surface area contributed by atoms with E-state index in [1.807, 2.05) is 25.1 Å². The summed E-state index contributed by atoms with van der Waals surface area (Å²) >= 11 is 0. The molecule has 2 fully saturated rings. The summed E-state index contributed by atoms with van der Waals surface area (Å²) in [5.74, 6) is 1.26. The first-order valence-corrected chi connectivity index (χ1v) is 8.01. The quantitative estimate of drug-likeness (QED) is 0.886. The van der Waals surface area contributed by atoms with Crippen LogP contribution >= 0.6 is 0 Å². The fourth-order valence-electron chi connectivity index (χ4n) is 3.26. The highest BCUT2D eigenvalue weighted by Crippen LogP contribution is 2.36. The number of likely N-dealkylation sites (tertiary alicyclic amines) is 1. The Morgan fingerprint density at radius 1 is 1.30 bits per heavy atom. The predicted octanol–water partition coefficient (Wildman–Crippen LogP) is 1.20. The van der Waals surface area contributed by atoms with Gasteiger partial charge in [-0.3, -0.25) is 9.59 Å². The minimum atomic E-state index is -0.0734. The Labute approximate surface area is 135 Å².